The molecule has 1 amide bonds. The Hall–Kier alpha value is -0.680. The smallest absolute Gasteiger partial charge is 0.233 e. The van der Waals surface area contributed by atoms with E-state index < -0.39 is 0 Å². The Labute approximate surface area is 128 Å². The first-order valence-electron chi connectivity index (χ1n) is 6.32. The number of nitrogens with two attached hydrogens (primary N) is 1. The molecule has 0 fully saturated rings. The van der Waals surface area contributed by atoms with Crippen LogP contribution in [0.5, 0.6) is 0 Å². The molecule has 2 N–H and O–H groups in total. The van der Waals surface area contributed by atoms with Gasteiger partial charge in [-0.3, -0.25) is 4.79 Å². The number of carbonyl (C=O) groups is 1. The number of rotatable bonds is 5. The molecular weight excluding hydrogens is 324 g/mol. The zero-order valence-corrected chi connectivity index (χ0v) is 14.2. The van der Waals surface area contributed by atoms with Gasteiger partial charge in [-0.05, 0) is 45.9 Å². The maximum absolute atomic E-state index is 12.2. The van der Waals surface area contributed by atoms with Gasteiger partial charge < -0.3 is 10.6 Å². The van der Waals surface area contributed by atoms with Crippen molar-refractivity contribution in [3.63, 3.8) is 0 Å². The summed E-state index contributed by atoms with van der Waals surface area (Å²) in [6, 6.07) is 6.17. The molecule has 1 aromatic carbocycles. The molecule has 0 radical (unpaired) electrons. The van der Waals surface area contributed by atoms with Crippen molar-refractivity contribution >= 4 is 39.3 Å². The van der Waals surface area contributed by atoms with E-state index in [1.54, 1.807) is 0 Å². The fourth-order valence-corrected chi connectivity index (χ4v) is 3.23. The van der Waals surface area contributed by atoms with Crippen molar-refractivity contribution in [3.05, 3.63) is 22.7 Å². The fraction of sp³-hybridized carbons (Fsp3) is 0.500. The molecule has 5 heteroatoms. The van der Waals surface area contributed by atoms with Crippen LogP contribution in [-0.2, 0) is 4.79 Å². The predicted octanol–water partition coefficient (Wildman–Crippen LogP) is 3.77. The SMILES string of the molecule is CC(C)N(C(=O)CSc1ccc(Br)cc1N)C(C)C. The third-order valence-corrected chi connectivity index (χ3v) is 4.29. The molecule has 1 aromatic rings. The summed E-state index contributed by atoms with van der Waals surface area (Å²) >= 11 is 4.86. The number of halogens is 1. The summed E-state index contributed by atoms with van der Waals surface area (Å²) < 4.78 is 0.951. The number of anilines is 1. The lowest BCUT2D eigenvalue weighted by Crippen LogP contribution is -2.43. The van der Waals surface area contributed by atoms with Gasteiger partial charge in [-0.2, -0.15) is 0 Å². The van der Waals surface area contributed by atoms with Gasteiger partial charge in [0.2, 0.25) is 5.91 Å². The Kier molecular flexibility index (Phi) is 6.20. The number of amides is 1. The van der Waals surface area contributed by atoms with Crippen LogP contribution >= 0.6 is 27.7 Å². The van der Waals surface area contributed by atoms with Crippen molar-refractivity contribution in [3.8, 4) is 0 Å². The van der Waals surface area contributed by atoms with Crippen LogP contribution in [0.15, 0.2) is 27.6 Å². The maximum Gasteiger partial charge on any atom is 0.233 e. The largest absolute Gasteiger partial charge is 0.398 e. The molecular formula is C14H21BrN2OS. The lowest BCUT2D eigenvalue weighted by molar-refractivity contribution is -0.131. The number of thioether (sulfide) groups is 1. The highest BCUT2D eigenvalue weighted by Gasteiger charge is 2.20. The molecule has 0 aliphatic heterocycles. The lowest BCUT2D eigenvalue weighted by Gasteiger charge is -2.30. The number of hydrogen-bond acceptors (Lipinski definition) is 3. The summed E-state index contributed by atoms with van der Waals surface area (Å²) in [4.78, 5) is 15.1. The second-order valence-electron chi connectivity index (χ2n) is 4.96. The van der Waals surface area contributed by atoms with Crippen LogP contribution in [0.3, 0.4) is 0 Å². The minimum atomic E-state index is 0.150. The Bertz CT molecular complexity index is 441. The zero-order chi connectivity index (χ0) is 14.6. The Morgan fingerprint density at radius 1 is 1.32 bits per heavy atom. The Balaban J connectivity index is 2.67. The van der Waals surface area contributed by atoms with E-state index in [1.165, 1.54) is 11.8 Å². The average Bonchev–Trinajstić information content (AvgIpc) is 2.26. The topological polar surface area (TPSA) is 46.3 Å². The number of nitrogen functional groups attached to an aromatic ring is 1. The van der Waals surface area contributed by atoms with Crippen LogP contribution in [0.1, 0.15) is 27.7 Å². The van der Waals surface area contributed by atoms with Crippen molar-refractivity contribution in [1.82, 2.24) is 4.90 Å². The molecule has 0 aliphatic carbocycles. The summed E-state index contributed by atoms with van der Waals surface area (Å²) in [7, 11) is 0. The molecule has 1 rings (SSSR count). The van der Waals surface area contributed by atoms with Crippen LogP contribution in [0.2, 0.25) is 0 Å². The number of nitrogens with zero attached hydrogens (tertiary/aromatic N) is 1. The fourth-order valence-electron chi connectivity index (χ4n) is 2.04. The molecule has 0 unspecified atom stereocenters. The Morgan fingerprint density at radius 2 is 1.89 bits per heavy atom. The average molecular weight is 345 g/mol. The van der Waals surface area contributed by atoms with Crippen molar-refractivity contribution in [2.75, 3.05) is 11.5 Å². The molecule has 106 valence electrons. The molecule has 0 saturated carbocycles. The third-order valence-electron chi connectivity index (χ3n) is 2.72. The molecule has 0 saturated heterocycles. The summed E-state index contributed by atoms with van der Waals surface area (Å²) in [5.74, 6) is 0.569. The quantitative estimate of drug-likeness (QED) is 0.653. The van der Waals surface area contributed by atoms with Crippen LogP contribution in [0.4, 0.5) is 5.69 Å². The van der Waals surface area contributed by atoms with Gasteiger partial charge in [-0.15, -0.1) is 11.8 Å². The molecule has 0 aliphatic rings. The van der Waals surface area contributed by atoms with E-state index in [9.17, 15) is 4.79 Å². The van der Waals surface area contributed by atoms with Crippen LogP contribution in [-0.4, -0.2) is 28.6 Å². The van der Waals surface area contributed by atoms with Gasteiger partial charge >= 0.3 is 0 Å². The number of benzene rings is 1. The molecule has 0 aromatic heterocycles. The molecule has 3 nitrogen and oxygen atoms in total. The second-order valence-corrected chi connectivity index (χ2v) is 6.89. The van der Waals surface area contributed by atoms with E-state index in [2.05, 4.69) is 15.9 Å². The van der Waals surface area contributed by atoms with Crippen LogP contribution in [0, 0.1) is 0 Å². The summed E-state index contributed by atoms with van der Waals surface area (Å²) in [6.45, 7) is 8.15. The van der Waals surface area contributed by atoms with E-state index in [4.69, 9.17) is 5.73 Å². The highest BCUT2D eigenvalue weighted by molar-refractivity contribution is 9.10. The van der Waals surface area contributed by atoms with Gasteiger partial charge in [-0.25, -0.2) is 0 Å². The van der Waals surface area contributed by atoms with E-state index in [1.807, 2.05) is 50.8 Å². The van der Waals surface area contributed by atoms with E-state index in [0.29, 0.717) is 11.4 Å². The summed E-state index contributed by atoms with van der Waals surface area (Å²) in [5, 5.41) is 0. The van der Waals surface area contributed by atoms with Crippen molar-refractivity contribution in [1.29, 1.82) is 0 Å². The molecule has 0 spiro atoms. The van der Waals surface area contributed by atoms with Crippen molar-refractivity contribution in [2.45, 2.75) is 44.7 Å². The van der Waals surface area contributed by atoms with E-state index in [-0.39, 0.29) is 18.0 Å². The van der Waals surface area contributed by atoms with Crippen molar-refractivity contribution < 1.29 is 4.79 Å². The number of hydrogen-bond donors (Lipinski definition) is 1. The van der Waals surface area contributed by atoms with Crippen molar-refractivity contribution in [2.24, 2.45) is 0 Å². The van der Waals surface area contributed by atoms with Gasteiger partial charge in [0.1, 0.15) is 0 Å². The number of carbonyl (C=O) groups excluding carboxylic acids is 1. The van der Waals surface area contributed by atoms with Gasteiger partial charge in [0.25, 0.3) is 0 Å². The van der Waals surface area contributed by atoms with Crippen LogP contribution < -0.4 is 5.73 Å². The highest BCUT2D eigenvalue weighted by atomic mass is 79.9. The highest BCUT2D eigenvalue weighted by Crippen LogP contribution is 2.28. The van der Waals surface area contributed by atoms with E-state index in [0.717, 1.165) is 9.37 Å². The standard InChI is InChI=1S/C14H21BrN2OS/c1-9(2)17(10(3)4)14(18)8-19-13-6-5-11(15)7-12(13)16/h5-7,9-10H,8,16H2,1-4H3. The van der Waals surface area contributed by atoms with Crippen LogP contribution in [0.25, 0.3) is 0 Å². The van der Waals surface area contributed by atoms with Gasteiger partial charge in [-0.1, -0.05) is 15.9 Å². The first kappa shape index (κ1) is 16.4. The first-order valence-corrected chi connectivity index (χ1v) is 8.09. The summed E-state index contributed by atoms with van der Waals surface area (Å²) in [5.41, 5.74) is 6.63. The van der Waals surface area contributed by atoms with Gasteiger partial charge in [0.05, 0.1) is 5.75 Å². The maximum atomic E-state index is 12.2. The van der Waals surface area contributed by atoms with Gasteiger partial charge in [0, 0.05) is 27.1 Å². The molecule has 0 atom stereocenters. The minimum Gasteiger partial charge on any atom is -0.398 e. The lowest BCUT2D eigenvalue weighted by atomic mass is 10.2. The normalized spacial score (nSPS) is 11.1. The zero-order valence-electron chi connectivity index (χ0n) is 11.8. The second kappa shape index (κ2) is 7.20. The predicted molar refractivity (Wildman–Crippen MR) is 86.4 cm³/mol. The minimum absolute atomic E-state index is 0.150. The first-order chi connectivity index (χ1) is 8.82. The third kappa shape index (κ3) is 4.73. The Morgan fingerprint density at radius 3 is 2.37 bits per heavy atom. The monoisotopic (exact) mass is 344 g/mol. The molecule has 0 bridgehead atoms. The van der Waals surface area contributed by atoms with E-state index >= 15 is 0 Å². The molecule has 0 heterocycles. The molecule has 19 heavy (non-hydrogen) atoms. The van der Waals surface area contributed by atoms with Gasteiger partial charge in [0.15, 0.2) is 0 Å². The summed E-state index contributed by atoms with van der Waals surface area (Å²) in [6.07, 6.45) is 0.